The van der Waals surface area contributed by atoms with Crippen LogP contribution < -0.4 is 10.4 Å². The van der Waals surface area contributed by atoms with Gasteiger partial charge in [0, 0.05) is 21.6 Å². The fourth-order valence-corrected chi connectivity index (χ4v) is 7.47. The van der Waals surface area contributed by atoms with Gasteiger partial charge in [-0.3, -0.25) is 0 Å². The molecule has 3 aromatic carbocycles. The lowest BCUT2D eigenvalue weighted by Crippen LogP contribution is -2.53. The second kappa shape index (κ2) is 6.90. The van der Waals surface area contributed by atoms with Crippen molar-refractivity contribution in [1.29, 1.82) is 0 Å². The summed E-state index contributed by atoms with van der Waals surface area (Å²) in [6.07, 6.45) is 0. The van der Waals surface area contributed by atoms with Gasteiger partial charge >= 0.3 is 0 Å². The zero-order chi connectivity index (χ0) is 22.1. The molecule has 3 aromatic rings. The minimum atomic E-state index is -0.867. The second-order valence-corrected chi connectivity index (χ2v) is 11.2. The molecule has 1 aliphatic carbocycles. The van der Waals surface area contributed by atoms with E-state index in [1.807, 2.05) is 60.7 Å². The number of thioether (sulfide) groups is 2. The molecule has 2 atom stereocenters. The molecule has 2 heterocycles. The van der Waals surface area contributed by atoms with Gasteiger partial charge in [-0.1, -0.05) is 84.2 Å². The van der Waals surface area contributed by atoms with Crippen LogP contribution in [0.1, 0.15) is 25.0 Å². The molecule has 0 N–H and O–H groups in total. The topological polar surface area (TPSA) is 24.7 Å². The molecular formula is C26H18F2N2S2. The van der Waals surface area contributed by atoms with Crippen molar-refractivity contribution in [3.8, 4) is 0 Å². The second-order valence-electron chi connectivity index (χ2n) is 8.35. The van der Waals surface area contributed by atoms with E-state index in [0.29, 0.717) is 10.4 Å². The van der Waals surface area contributed by atoms with Crippen molar-refractivity contribution < 1.29 is 8.78 Å². The van der Waals surface area contributed by atoms with Crippen molar-refractivity contribution in [2.45, 2.75) is 23.3 Å². The largest absolute Gasteiger partial charge is 0.244 e. The maximum Gasteiger partial charge on any atom is 0.159 e. The van der Waals surface area contributed by atoms with Gasteiger partial charge in [-0.2, -0.15) is 0 Å². The monoisotopic (exact) mass is 460 g/mol. The highest BCUT2D eigenvalue weighted by Gasteiger charge is 2.59. The van der Waals surface area contributed by atoms with Crippen molar-refractivity contribution in [3.63, 3.8) is 0 Å². The lowest BCUT2D eigenvalue weighted by Gasteiger charge is -2.42. The Labute approximate surface area is 192 Å². The smallest absolute Gasteiger partial charge is 0.159 e. The minimum Gasteiger partial charge on any atom is -0.244 e. The maximum atomic E-state index is 14.4. The molecule has 2 unspecified atom stereocenters. The van der Waals surface area contributed by atoms with Crippen LogP contribution in [0.15, 0.2) is 82.8 Å². The number of hydrogen-bond donors (Lipinski definition) is 0. The van der Waals surface area contributed by atoms with Gasteiger partial charge in [0.05, 0.1) is 20.9 Å². The molecule has 0 aromatic heterocycles. The molecule has 0 fully saturated rings. The third-order valence-electron chi connectivity index (χ3n) is 6.45. The lowest BCUT2D eigenvalue weighted by molar-refractivity contribution is 0.505. The fourth-order valence-electron chi connectivity index (χ4n) is 4.57. The van der Waals surface area contributed by atoms with Crippen molar-refractivity contribution in [1.82, 2.24) is 0 Å². The Bertz CT molecular complexity index is 1350. The average Bonchev–Trinajstić information content (AvgIpc) is 3.36. The van der Waals surface area contributed by atoms with E-state index in [1.165, 1.54) is 12.1 Å². The number of nitrogens with zero attached hydrogens (tertiary/aromatic N) is 2. The highest BCUT2D eigenvalue weighted by molar-refractivity contribution is 8.20. The molecule has 0 spiro atoms. The van der Waals surface area contributed by atoms with Crippen LogP contribution in [-0.2, 0) is 0 Å². The Balaban J connectivity index is 1.67. The number of benzene rings is 3. The molecular weight excluding hydrogens is 442 g/mol. The lowest BCUT2D eigenvalue weighted by atomic mass is 9.82. The third-order valence-corrected chi connectivity index (χ3v) is 9.64. The van der Waals surface area contributed by atoms with E-state index >= 15 is 0 Å². The van der Waals surface area contributed by atoms with Crippen LogP contribution in [0.25, 0.3) is 11.4 Å². The quantitative estimate of drug-likeness (QED) is 0.532. The standard InChI is InChI=1S/C26H18F2N2S2/c1-25-21(29-23(31-25)15-9-5-3-6-10-15)17-13-19(27)20(28)14-18(17)22-26(25,2)32-24(30-22)16-11-7-4-8-12-16/h3-14H,1-2H3. The molecule has 0 amide bonds. The van der Waals surface area contributed by atoms with Gasteiger partial charge in [0.2, 0.25) is 0 Å². The number of fused-ring (bicyclic) bond motifs is 4. The number of rotatable bonds is 2. The Morgan fingerprint density at radius 3 is 1.38 bits per heavy atom. The van der Waals surface area contributed by atoms with Crippen LogP contribution in [0.5, 0.6) is 0 Å². The molecule has 0 saturated carbocycles. The molecule has 0 bridgehead atoms. The van der Waals surface area contributed by atoms with Crippen LogP contribution in [0.3, 0.4) is 0 Å². The van der Waals surface area contributed by atoms with E-state index in [-0.39, 0.29) is 0 Å². The van der Waals surface area contributed by atoms with Crippen molar-refractivity contribution in [2.75, 3.05) is 0 Å². The zero-order valence-corrected chi connectivity index (χ0v) is 19.0. The Morgan fingerprint density at radius 1 is 0.625 bits per heavy atom. The van der Waals surface area contributed by atoms with Gasteiger partial charge in [-0.15, -0.1) is 0 Å². The molecule has 3 aliphatic rings. The number of hydrogen-bond acceptors (Lipinski definition) is 4. The minimum absolute atomic E-state index is 0.504. The molecule has 0 saturated heterocycles. The van der Waals surface area contributed by atoms with Gasteiger partial charge in [0.25, 0.3) is 0 Å². The Kier molecular flexibility index (Phi) is 4.30. The molecule has 0 radical (unpaired) electrons. The summed E-state index contributed by atoms with van der Waals surface area (Å²) in [7, 11) is 0. The van der Waals surface area contributed by atoms with Gasteiger partial charge in [-0.25, -0.2) is 18.8 Å². The summed E-state index contributed by atoms with van der Waals surface area (Å²) in [4.78, 5) is 9.99. The van der Waals surface area contributed by atoms with Crippen LogP contribution in [0.4, 0.5) is 8.78 Å². The normalized spacial score (nSPS) is 25.8. The van der Waals surface area contributed by atoms with Gasteiger partial charge in [-0.05, 0) is 26.0 Å². The summed E-state index contributed by atoms with van der Waals surface area (Å²) >= 11 is 3.36. The summed E-state index contributed by atoms with van der Waals surface area (Å²) in [5.74, 6) is -1.73. The molecule has 6 rings (SSSR count). The average molecular weight is 461 g/mol. The van der Waals surface area contributed by atoms with Crippen LogP contribution in [-0.4, -0.2) is 19.6 Å². The van der Waals surface area contributed by atoms with Gasteiger partial charge in [0.1, 0.15) is 10.1 Å². The maximum absolute atomic E-state index is 14.4. The van der Waals surface area contributed by atoms with E-state index in [2.05, 4.69) is 13.8 Å². The molecule has 158 valence electrons. The van der Waals surface area contributed by atoms with Gasteiger partial charge in [0.15, 0.2) is 11.6 Å². The third kappa shape index (κ3) is 2.66. The van der Waals surface area contributed by atoms with Crippen LogP contribution in [0.2, 0.25) is 0 Å². The summed E-state index contributed by atoms with van der Waals surface area (Å²) in [6, 6.07) is 22.5. The molecule has 6 heteroatoms. The van der Waals surface area contributed by atoms with E-state index in [0.717, 1.165) is 32.6 Å². The highest BCUT2D eigenvalue weighted by atomic mass is 32.2. The van der Waals surface area contributed by atoms with Crippen molar-refractivity contribution in [2.24, 2.45) is 9.98 Å². The van der Waals surface area contributed by atoms with E-state index in [1.54, 1.807) is 23.5 Å². The summed E-state index contributed by atoms with van der Waals surface area (Å²) in [5.41, 5.74) is 3.58. The number of aliphatic imine (C=N–C) groups is 2. The summed E-state index contributed by atoms with van der Waals surface area (Å²) < 4.78 is 27.8. The Morgan fingerprint density at radius 2 is 1.00 bits per heavy atom. The van der Waals surface area contributed by atoms with Crippen LogP contribution in [0, 0.1) is 11.6 Å². The Hall–Kier alpha value is -2.70. The van der Waals surface area contributed by atoms with Crippen molar-refractivity contribution >= 4 is 45.0 Å². The SMILES string of the molecule is CC12SC(c3ccccc3)=NC1=c1cc(F)c(F)cc1=C1N=C(c3ccccc3)SC12C. The summed E-state index contributed by atoms with van der Waals surface area (Å²) in [6.45, 7) is 4.29. The first kappa shape index (κ1) is 19.9. The van der Waals surface area contributed by atoms with E-state index in [9.17, 15) is 8.78 Å². The fraction of sp³-hybridized carbons (Fsp3) is 0.154. The molecule has 32 heavy (non-hydrogen) atoms. The van der Waals surface area contributed by atoms with Gasteiger partial charge < -0.3 is 0 Å². The predicted molar refractivity (Wildman–Crippen MR) is 130 cm³/mol. The first-order valence-electron chi connectivity index (χ1n) is 10.3. The van der Waals surface area contributed by atoms with E-state index < -0.39 is 21.1 Å². The van der Waals surface area contributed by atoms with Crippen molar-refractivity contribution in [3.05, 3.63) is 106 Å². The highest BCUT2D eigenvalue weighted by Crippen LogP contribution is 2.61. The van der Waals surface area contributed by atoms with E-state index in [4.69, 9.17) is 9.98 Å². The number of halogens is 2. The summed E-state index contributed by atoms with van der Waals surface area (Å²) in [5, 5.41) is 3.01. The molecule has 2 nitrogen and oxygen atoms in total. The first-order chi connectivity index (χ1) is 15.4. The van der Waals surface area contributed by atoms with Crippen LogP contribution >= 0.6 is 23.5 Å². The zero-order valence-electron chi connectivity index (χ0n) is 17.4. The molecule has 2 aliphatic heterocycles. The first-order valence-corrected chi connectivity index (χ1v) is 11.9. The predicted octanol–water partition coefficient (Wildman–Crippen LogP) is 5.10.